The number of nitrogens with zero attached hydrogens (tertiary/aromatic N) is 1. The lowest BCUT2D eigenvalue weighted by molar-refractivity contribution is -0.133. The van der Waals surface area contributed by atoms with Gasteiger partial charge in [0.15, 0.2) is 0 Å². The number of nitrogens with two attached hydrogens (primary N) is 1. The van der Waals surface area contributed by atoms with Crippen LogP contribution in [0.25, 0.3) is 0 Å². The molecule has 2 atom stereocenters. The highest BCUT2D eigenvalue weighted by atomic mass is 16.2. The quantitative estimate of drug-likeness (QED) is 0.677. The molecule has 2 unspecified atom stereocenters. The van der Waals surface area contributed by atoms with Gasteiger partial charge in [-0.05, 0) is 19.8 Å². The van der Waals surface area contributed by atoms with Crippen molar-refractivity contribution in [2.75, 3.05) is 19.6 Å². The second kappa shape index (κ2) is 8.06. The average Bonchev–Trinajstić information content (AvgIpc) is 2.35. The molecule has 0 saturated heterocycles. The van der Waals surface area contributed by atoms with E-state index < -0.39 is 6.04 Å². The molecule has 0 rings (SSSR count). The highest BCUT2D eigenvalue weighted by molar-refractivity contribution is 5.87. The van der Waals surface area contributed by atoms with E-state index in [0.29, 0.717) is 13.1 Å². The number of nitrogens with one attached hydrogen (secondary N) is 1. The van der Waals surface area contributed by atoms with Crippen LogP contribution in [0, 0.1) is 5.92 Å². The Morgan fingerprint density at radius 1 is 1.24 bits per heavy atom. The molecule has 5 nitrogen and oxygen atoms in total. The molecule has 0 aromatic carbocycles. The molecule has 0 radical (unpaired) electrons. The molecule has 0 aliphatic heterocycles. The topological polar surface area (TPSA) is 75.4 Å². The van der Waals surface area contributed by atoms with E-state index in [1.807, 2.05) is 27.7 Å². The van der Waals surface area contributed by atoms with Crippen molar-refractivity contribution in [2.45, 2.75) is 40.2 Å². The minimum Gasteiger partial charge on any atom is -0.346 e. The molecule has 0 heterocycles. The third-order valence-electron chi connectivity index (χ3n) is 3.09. The predicted molar refractivity (Wildman–Crippen MR) is 68.4 cm³/mol. The number of likely N-dealkylation sites (N-methyl/N-ethyl adjacent to an activating group) is 1. The van der Waals surface area contributed by atoms with Gasteiger partial charge < -0.3 is 16.0 Å². The summed E-state index contributed by atoms with van der Waals surface area (Å²) in [6, 6.07) is -0.537. The third kappa shape index (κ3) is 5.17. The SMILES string of the molecule is CCC(C)C(N)C(=O)NCC(=O)N(CC)CC. The lowest BCUT2D eigenvalue weighted by Gasteiger charge is -2.21. The second-order valence-corrected chi connectivity index (χ2v) is 4.20. The zero-order chi connectivity index (χ0) is 13.4. The fraction of sp³-hybridized carbons (Fsp3) is 0.833. The maximum Gasteiger partial charge on any atom is 0.241 e. The smallest absolute Gasteiger partial charge is 0.241 e. The van der Waals surface area contributed by atoms with Crippen LogP contribution in [0.4, 0.5) is 0 Å². The van der Waals surface area contributed by atoms with Crippen molar-refractivity contribution < 1.29 is 9.59 Å². The van der Waals surface area contributed by atoms with E-state index in [4.69, 9.17) is 5.73 Å². The third-order valence-corrected chi connectivity index (χ3v) is 3.09. The average molecular weight is 243 g/mol. The van der Waals surface area contributed by atoms with Gasteiger partial charge >= 0.3 is 0 Å². The first-order chi connectivity index (χ1) is 7.97. The summed E-state index contributed by atoms with van der Waals surface area (Å²) in [5, 5.41) is 2.59. The summed E-state index contributed by atoms with van der Waals surface area (Å²) in [4.78, 5) is 25.0. The molecule has 5 heteroatoms. The molecule has 3 N–H and O–H groups in total. The molecule has 0 bridgehead atoms. The van der Waals surface area contributed by atoms with Gasteiger partial charge in [-0.15, -0.1) is 0 Å². The highest BCUT2D eigenvalue weighted by Crippen LogP contribution is 2.04. The monoisotopic (exact) mass is 243 g/mol. The molecule has 0 spiro atoms. The Morgan fingerprint density at radius 3 is 2.18 bits per heavy atom. The van der Waals surface area contributed by atoms with Crippen LogP contribution >= 0.6 is 0 Å². The molecule has 0 aliphatic rings. The van der Waals surface area contributed by atoms with E-state index >= 15 is 0 Å². The minimum absolute atomic E-state index is 0.0324. The Balaban J connectivity index is 4.11. The number of carbonyl (C=O) groups is 2. The Hall–Kier alpha value is -1.10. The molecule has 2 amide bonds. The van der Waals surface area contributed by atoms with Gasteiger partial charge in [0.05, 0.1) is 12.6 Å². The van der Waals surface area contributed by atoms with E-state index in [0.717, 1.165) is 6.42 Å². The number of hydrogen-bond donors (Lipinski definition) is 2. The molecule has 0 aliphatic carbocycles. The van der Waals surface area contributed by atoms with Crippen LogP contribution in [-0.2, 0) is 9.59 Å². The summed E-state index contributed by atoms with van der Waals surface area (Å²) in [7, 11) is 0. The van der Waals surface area contributed by atoms with E-state index in [-0.39, 0.29) is 24.3 Å². The summed E-state index contributed by atoms with van der Waals surface area (Å²) >= 11 is 0. The highest BCUT2D eigenvalue weighted by Gasteiger charge is 2.20. The fourth-order valence-electron chi connectivity index (χ4n) is 1.48. The van der Waals surface area contributed by atoms with Crippen LogP contribution in [-0.4, -0.2) is 42.4 Å². The summed E-state index contributed by atoms with van der Waals surface area (Å²) in [6.45, 7) is 9.08. The first-order valence-corrected chi connectivity index (χ1v) is 6.28. The Morgan fingerprint density at radius 2 is 1.76 bits per heavy atom. The standard InChI is InChI=1S/C12H25N3O2/c1-5-9(4)11(13)12(17)14-8-10(16)15(6-2)7-3/h9,11H,5-8,13H2,1-4H3,(H,14,17). The van der Waals surface area contributed by atoms with Gasteiger partial charge in [-0.25, -0.2) is 0 Å². The van der Waals surface area contributed by atoms with Crippen molar-refractivity contribution >= 4 is 11.8 Å². The summed E-state index contributed by atoms with van der Waals surface area (Å²) in [5.41, 5.74) is 5.76. The van der Waals surface area contributed by atoms with Crippen molar-refractivity contribution in [3.8, 4) is 0 Å². The van der Waals surface area contributed by atoms with E-state index in [1.165, 1.54) is 0 Å². The van der Waals surface area contributed by atoms with Crippen LogP contribution in [0.2, 0.25) is 0 Å². The van der Waals surface area contributed by atoms with Crippen LogP contribution in [0.3, 0.4) is 0 Å². The second-order valence-electron chi connectivity index (χ2n) is 4.20. The Labute approximate surface area is 104 Å². The summed E-state index contributed by atoms with van der Waals surface area (Å²) in [6.07, 6.45) is 0.846. The zero-order valence-corrected chi connectivity index (χ0v) is 11.3. The van der Waals surface area contributed by atoms with E-state index in [9.17, 15) is 9.59 Å². The number of hydrogen-bond acceptors (Lipinski definition) is 3. The first kappa shape index (κ1) is 15.9. The van der Waals surface area contributed by atoms with Crippen molar-refractivity contribution in [3.63, 3.8) is 0 Å². The maximum absolute atomic E-state index is 11.6. The molecule has 0 fully saturated rings. The molecular formula is C12H25N3O2. The first-order valence-electron chi connectivity index (χ1n) is 6.28. The molecule has 0 aromatic heterocycles. The normalized spacial score (nSPS) is 13.9. The molecule has 17 heavy (non-hydrogen) atoms. The van der Waals surface area contributed by atoms with Gasteiger partial charge in [-0.1, -0.05) is 20.3 Å². The molecular weight excluding hydrogens is 218 g/mol. The lowest BCUT2D eigenvalue weighted by Crippen LogP contribution is -2.48. The largest absolute Gasteiger partial charge is 0.346 e. The predicted octanol–water partition coefficient (Wildman–Crippen LogP) is 0.344. The van der Waals surface area contributed by atoms with Crippen molar-refractivity contribution in [1.82, 2.24) is 10.2 Å². The van der Waals surface area contributed by atoms with Gasteiger partial charge in [0, 0.05) is 13.1 Å². The van der Waals surface area contributed by atoms with Gasteiger partial charge in [-0.2, -0.15) is 0 Å². The van der Waals surface area contributed by atoms with Crippen molar-refractivity contribution in [1.29, 1.82) is 0 Å². The van der Waals surface area contributed by atoms with E-state index in [2.05, 4.69) is 5.32 Å². The van der Waals surface area contributed by atoms with Crippen molar-refractivity contribution in [3.05, 3.63) is 0 Å². The Kier molecular flexibility index (Phi) is 7.54. The molecule has 100 valence electrons. The van der Waals surface area contributed by atoms with Crippen LogP contribution in [0.1, 0.15) is 34.1 Å². The van der Waals surface area contributed by atoms with Crippen LogP contribution in [0.5, 0.6) is 0 Å². The number of rotatable bonds is 7. The van der Waals surface area contributed by atoms with E-state index in [1.54, 1.807) is 4.90 Å². The summed E-state index contributed by atoms with van der Waals surface area (Å²) < 4.78 is 0. The molecule has 0 aromatic rings. The zero-order valence-electron chi connectivity index (χ0n) is 11.3. The van der Waals surface area contributed by atoms with Crippen molar-refractivity contribution in [2.24, 2.45) is 11.7 Å². The molecule has 0 saturated carbocycles. The van der Waals surface area contributed by atoms with Gasteiger partial charge in [-0.3, -0.25) is 9.59 Å². The lowest BCUT2D eigenvalue weighted by atomic mass is 9.99. The maximum atomic E-state index is 11.6. The fourth-order valence-corrected chi connectivity index (χ4v) is 1.48. The summed E-state index contributed by atoms with van der Waals surface area (Å²) in [5.74, 6) is -0.196. The van der Waals surface area contributed by atoms with Gasteiger partial charge in [0.2, 0.25) is 11.8 Å². The van der Waals surface area contributed by atoms with Gasteiger partial charge in [0.1, 0.15) is 0 Å². The number of carbonyl (C=O) groups excluding carboxylic acids is 2. The van der Waals surface area contributed by atoms with Crippen LogP contribution in [0.15, 0.2) is 0 Å². The minimum atomic E-state index is -0.537. The van der Waals surface area contributed by atoms with Gasteiger partial charge in [0.25, 0.3) is 0 Å². The number of amides is 2. The van der Waals surface area contributed by atoms with Crippen LogP contribution < -0.4 is 11.1 Å². The Bertz CT molecular complexity index is 252.